The topological polar surface area (TPSA) is 80.9 Å². The van der Waals surface area contributed by atoms with Crippen LogP contribution in [0.3, 0.4) is 0 Å². The summed E-state index contributed by atoms with van der Waals surface area (Å²) < 4.78 is 0. The van der Waals surface area contributed by atoms with Crippen molar-refractivity contribution in [2.45, 2.75) is 58.8 Å². The zero-order valence-electron chi connectivity index (χ0n) is 11.4. The molecule has 0 fully saturated rings. The fourth-order valence-corrected chi connectivity index (χ4v) is 1.80. The van der Waals surface area contributed by atoms with E-state index in [0.29, 0.717) is 6.42 Å². The first-order chi connectivity index (χ1) is 7.81. The van der Waals surface area contributed by atoms with Crippen molar-refractivity contribution in [3.63, 3.8) is 0 Å². The molecule has 0 saturated heterocycles. The molecule has 0 aromatic rings. The molecule has 0 bridgehead atoms. The monoisotopic (exact) mass is 248 g/mol. The second-order valence-electron chi connectivity index (χ2n) is 5.38. The summed E-state index contributed by atoms with van der Waals surface area (Å²) in [6, 6.07) is 0. The number of hydrogen-bond acceptors (Lipinski definition) is 4. The summed E-state index contributed by atoms with van der Waals surface area (Å²) in [5.41, 5.74) is 0. The highest BCUT2D eigenvalue weighted by Gasteiger charge is 2.29. The Balaban J connectivity index is 4.15. The molecule has 0 heterocycles. The largest absolute Gasteiger partial charge is 0.396 e. The van der Waals surface area contributed by atoms with Crippen molar-refractivity contribution in [2.24, 2.45) is 17.8 Å². The van der Waals surface area contributed by atoms with Crippen molar-refractivity contribution < 1.29 is 20.4 Å². The summed E-state index contributed by atoms with van der Waals surface area (Å²) in [5, 5.41) is 38.2. The molecule has 0 amide bonds. The number of aliphatic hydroxyl groups excluding tert-OH is 4. The molecule has 6 atom stereocenters. The smallest absolute Gasteiger partial charge is 0.0640 e. The average Bonchev–Trinajstić information content (AvgIpc) is 2.32. The van der Waals surface area contributed by atoms with E-state index in [2.05, 4.69) is 0 Å². The van der Waals surface area contributed by atoms with Gasteiger partial charge in [0, 0.05) is 18.4 Å². The van der Waals surface area contributed by atoms with Crippen LogP contribution >= 0.6 is 0 Å². The van der Waals surface area contributed by atoms with Gasteiger partial charge in [-0.2, -0.15) is 0 Å². The maximum absolute atomic E-state index is 9.98. The molecule has 0 aliphatic carbocycles. The highest BCUT2D eigenvalue weighted by atomic mass is 16.3. The summed E-state index contributed by atoms with van der Waals surface area (Å²) in [5.74, 6) is -0.358. The van der Waals surface area contributed by atoms with Crippen LogP contribution in [0, 0.1) is 17.8 Å². The van der Waals surface area contributed by atoms with Crippen LogP contribution in [-0.4, -0.2) is 45.3 Å². The molecule has 0 spiro atoms. The third-order valence-electron chi connectivity index (χ3n) is 3.71. The van der Waals surface area contributed by atoms with E-state index in [1.54, 1.807) is 20.8 Å². The predicted molar refractivity (Wildman–Crippen MR) is 67.5 cm³/mol. The second-order valence-corrected chi connectivity index (χ2v) is 5.38. The van der Waals surface area contributed by atoms with E-state index in [1.165, 1.54) is 0 Å². The van der Waals surface area contributed by atoms with Gasteiger partial charge in [0.15, 0.2) is 0 Å². The minimum atomic E-state index is -0.713. The van der Waals surface area contributed by atoms with Crippen LogP contribution in [-0.2, 0) is 0 Å². The van der Waals surface area contributed by atoms with Gasteiger partial charge in [0.25, 0.3) is 0 Å². The standard InChI is InChI=1S/C13H28O4/c1-8(7-14)5-6-12(16)10(3)13(17)9(2)11(4)15/h8-17H,5-7H2,1-4H3/t8-,9+,10+,11-,12-,13-/m0/s1. The van der Waals surface area contributed by atoms with Crippen molar-refractivity contribution in [3.05, 3.63) is 0 Å². The van der Waals surface area contributed by atoms with Gasteiger partial charge in [-0.25, -0.2) is 0 Å². The Morgan fingerprint density at radius 1 is 0.824 bits per heavy atom. The van der Waals surface area contributed by atoms with E-state index in [-0.39, 0.29) is 24.4 Å². The Morgan fingerprint density at radius 3 is 1.76 bits per heavy atom. The lowest BCUT2D eigenvalue weighted by atomic mass is 9.84. The summed E-state index contributed by atoms with van der Waals surface area (Å²) >= 11 is 0. The molecule has 0 aliphatic rings. The number of hydrogen-bond donors (Lipinski definition) is 4. The molecule has 0 saturated carbocycles. The van der Waals surface area contributed by atoms with Gasteiger partial charge < -0.3 is 20.4 Å². The van der Waals surface area contributed by atoms with Crippen LogP contribution in [0.25, 0.3) is 0 Å². The fourth-order valence-electron chi connectivity index (χ4n) is 1.80. The molecule has 0 aliphatic heterocycles. The van der Waals surface area contributed by atoms with Crippen LogP contribution in [0.2, 0.25) is 0 Å². The Labute approximate surface area is 104 Å². The van der Waals surface area contributed by atoms with Gasteiger partial charge in [-0.3, -0.25) is 0 Å². The van der Waals surface area contributed by atoms with Crippen molar-refractivity contribution in [1.29, 1.82) is 0 Å². The summed E-state index contributed by atoms with van der Waals surface area (Å²) in [6.45, 7) is 7.24. The van der Waals surface area contributed by atoms with Gasteiger partial charge in [0.2, 0.25) is 0 Å². The Morgan fingerprint density at radius 2 is 1.35 bits per heavy atom. The highest BCUT2D eigenvalue weighted by molar-refractivity contribution is 4.79. The van der Waals surface area contributed by atoms with Gasteiger partial charge >= 0.3 is 0 Å². The van der Waals surface area contributed by atoms with Crippen LogP contribution in [0.15, 0.2) is 0 Å². The van der Waals surface area contributed by atoms with E-state index in [1.807, 2.05) is 6.92 Å². The molecule has 0 aromatic carbocycles. The zero-order valence-corrected chi connectivity index (χ0v) is 11.4. The van der Waals surface area contributed by atoms with Crippen LogP contribution in [0.1, 0.15) is 40.5 Å². The lowest BCUT2D eigenvalue weighted by molar-refractivity contribution is -0.0425. The summed E-state index contributed by atoms with van der Waals surface area (Å²) in [7, 11) is 0. The predicted octanol–water partition coefficient (Wildman–Crippen LogP) is 0.770. The van der Waals surface area contributed by atoms with Gasteiger partial charge in [0.1, 0.15) is 0 Å². The van der Waals surface area contributed by atoms with E-state index in [4.69, 9.17) is 5.11 Å². The van der Waals surface area contributed by atoms with E-state index < -0.39 is 18.3 Å². The Hall–Kier alpha value is -0.160. The highest BCUT2D eigenvalue weighted by Crippen LogP contribution is 2.22. The van der Waals surface area contributed by atoms with Crippen molar-refractivity contribution in [1.82, 2.24) is 0 Å². The summed E-state index contributed by atoms with van der Waals surface area (Å²) in [6.07, 6.45) is -0.602. The molecule has 17 heavy (non-hydrogen) atoms. The SMILES string of the molecule is C[C@H](CO)CC[C@H](O)[C@@H](C)[C@@H](O)[C@H](C)[C@H](C)O. The van der Waals surface area contributed by atoms with E-state index in [9.17, 15) is 15.3 Å². The molecular weight excluding hydrogens is 220 g/mol. The maximum atomic E-state index is 9.98. The molecule has 0 radical (unpaired) electrons. The third kappa shape index (κ3) is 5.82. The summed E-state index contributed by atoms with van der Waals surface area (Å²) in [4.78, 5) is 0. The van der Waals surface area contributed by atoms with Gasteiger partial charge in [-0.15, -0.1) is 0 Å². The first-order valence-electron chi connectivity index (χ1n) is 6.46. The van der Waals surface area contributed by atoms with Crippen LogP contribution in [0.5, 0.6) is 0 Å². The first-order valence-corrected chi connectivity index (χ1v) is 6.46. The minimum absolute atomic E-state index is 0.119. The van der Waals surface area contributed by atoms with Gasteiger partial charge in [-0.05, 0) is 25.7 Å². The Bertz CT molecular complexity index is 196. The Kier molecular flexibility index (Phi) is 7.96. The normalized spacial score (nSPS) is 22.6. The fraction of sp³-hybridized carbons (Fsp3) is 1.00. The average molecular weight is 248 g/mol. The van der Waals surface area contributed by atoms with Gasteiger partial charge in [-0.1, -0.05) is 20.8 Å². The van der Waals surface area contributed by atoms with Crippen molar-refractivity contribution in [3.8, 4) is 0 Å². The quantitative estimate of drug-likeness (QED) is 0.511. The van der Waals surface area contributed by atoms with Gasteiger partial charge in [0.05, 0.1) is 18.3 Å². The minimum Gasteiger partial charge on any atom is -0.396 e. The molecule has 0 unspecified atom stereocenters. The van der Waals surface area contributed by atoms with Crippen LogP contribution in [0.4, 0.5) is 0 Å². The zero-order chi connectivity index (χ0) is 13.6. The molecule has 0 rings (SSSR count). The second kappa shape index (κ2) is 8.03. The molecule has 4 nitrogen and oxygen atoms in total. The third-order valence-corrected chi connectivity index (χ3v) is 3.71. The molecular formula is C13H28O4. The van der Waals surface area contributed by atoms with Crippen LogP contribution < -0.4 is 0 Å². The lowest BCUT2D eigenvalue weighted by Crippen LogP contribution is -2.38. The maximum Gasteiger partial charge on any atom is 0.0640 e. The van der Waals surface area contributed by atoms with Crippen molar-refractivity contribution >= 4 is 0 Å². The molecule has 4 heteroatoms. The first kappa shape index (κ1) is 16.8. The lowest BCUT2D eigenvalue weighted by Gasteiger charge is -2.30. The molecule has 104 valence electrons. The number of rotatable bonds is 8. The van der Waals surface area contributed by atoms with Crippen molar-refractivity contribution in [2.75, 3.05) is 6.61 Å². The molecule has 0 aromatic heterocycles. The van der Waals surface area contributed by atoms with E-state index in [0.717, 1.165) is 6.42 Å². The number of aliphatic hydroxyl groups is 4. The van der Waals surface area contributed by atoms with E-state index >= 15 is 0 Å². The molecule has 4 N–H and O–H groups in total.